The monoisotopic (exact) mass is 363 g/mol. The number of aromatic nitrogens is 2. The minimum atomic E-state index is -4.58. The summed E-state index contributed by atoms with van der Waals surface area (Å²) in [7, 11) is 0. The first-order valence-corrected chi connectivity index (χ1v) is 6.86. The summed E-state index contributed by atoms with van der Waals surface area (Å²) < 4.78 is 52.0. The van der Waals surface area contributed by atoms with Crippen molar-refractivity contribution < 1.29 is 17.6 Å². The maximum Gasteiger partial charge on any atom is 0.433 e. The Kier molecular flexibility index (Phi) is 5.45. The second-order valence-corrected chi connectivity index (χ2v) is 4.99. The lowest BCUT2D eigenvalue weighted by Crippen LogP contribution is -2.25. The van der Waals surface area contributed by atoms with Gasteiger partial charge < -0.3 is 10.2 Å². The van der Waals surface area contributed by atoms with Crippen LogP contribution in [0.15, 0.2) is 30.3 Å². The molecule has 24 heavy (non-hydrogen) atoms. The Morgan fingerprint density at radius 2 is 1.83 bits per heavy atom. The highest BCUT2D eigenvalue weighted by molar-refractivity contribution is 5.85. The predicted octanol–water partition coefficient (Wildman–Crippen LogP) is 3.17. The van der Waals surface area contributed by atoms with Crippen LogP contribution in [0.1, 0.15) is 5.69 Å². The van der Waals surface area contributed by atoms with Gasteiger partial charge in [-0.05, 0) is 24.3 Å². The minimum Gasteiger partial charge on any atom is -0.340 e. The number of hydrogen-bond acceptors (Lipinski definition) is 5. The van der Waals surface area contributed by atoms with Gasteiger partial charge in [-0.2, -0.15) is 18.2 Å². The summed E-state index contributed by atoms with van der Waals surface area (Å²) in [5.74, 6) is -0.437. The van der Waals surface area contributed by atoms with Gasteiger partial charge in [-0.1, -0.05) is 0 Å². The van der Waals surface area contributed by atoms with Crippen molar-refractivity contribution in [3.63, 3.8) is 0 Å². The van der Waals surface area contributed by atoms with Gasteiger partial charge in [0.1, 0.15) is 11.6 Å². The fourth-order valence-corrected chi connectivity index (χ4v) is 2.14. The van der Waals surface area contributed by atoms with Crippen molar-refractivity contribution >= 4 is 29.9 Å². The summed E-state index contributed by atoms with van der Waals surface area (Å²) >= 11 is 0. The summed E-state index contributed by atoms with van der Waals surface area (Å²) in [6, 6.07) is 6.08. The Labute approximate surface area is 141 Å². The molecule has 1 saturated heterocycles. The highest BCUT2D eigenvalue weighted by atomic mass is 35.5. The molecule has 130 valence electrons. The zero-order chi connectivity index (χ0) is 16.4. The first-order chi connectivity index (χ1) is 10.9. The van der Waals surface area contributed by atoms with E-state index in [-0.39, 0.29) is 24.2 Å². The fourth-order valence-electron chi connectivity index (χ4n) is 2.14. The normalized spacial score (nSPS) is 14.4. The molecule has 0 spiro atoms. The molecular formula is C14H14ClF4N5. The molecule has 1 aromatic carbocycles. The molecule has 0 bridgehead atoms. The van der Waals surface area contributed by atoms with Crippen molar-refractivity contribution in [2.24, 2.45) is 0 Å². The van der Waals surface area contributed by atoms with Gasteiger partial charge in [0, 0.05) is 24.8 Å². The van der Waals surface area contributed by atoms with E-state index in [9.17, 15) is 17.6 Å². The minimum absolute atomic E-state index is 0. The Hall–Kier alpha value is -2.13. The van der Waals surface area contributed by atoms with Gasteiger partial charge in [0.2, 0.25) is 5.95 Å². The summed E-state index contributed by atoms with van der Waals surface area (Å²) in [5, 5.41) is 5.75. The van der Waals surface area contributed by atoms with Crippen molar-refractivity contribution in [1.29, 1.82) is 0 Å². The van der Waals surface area contributed by atoms with Crippen molar-refractivity contribution in [3.8, 4) is 0 Å². The molecule has 0 atom stereocenters. The van der Waals surface area contributed by atoms with Crippen molar-refractivity contribution in [2.75, 3.05) is 30.0 Å². The van der Waals surface area contributed by atoms with Crippen LogP contribution in [0.3, 0.4) is 0 Å². The lowest BCUT2D eigenvalue weighted by Gasteiger charge is -2.17. The van der Waals surface area contributed by atoms with E-state index in [1.54, 1.807) is 4.90 Å². The van der Waals surface area contributed by atoms with Gasteiger partial charge in [0.25, 0.3) is 0 Å². The number of nitrogens with zero attached hydrogens (tertiary/aromatic N) is 3. The first kappa shape index (κ1) is 18.2. The zero-order valence-electron chi connectivity index (χ0n) is 12.3. The molecule has 10 heteroatoms. The molecule has 1 aliphatic rings. The van der Waals surface area contributed by atoms with E-state index in [0.717, 1.165) is 6.07 Å². The number of nitrogens with one attached hydrogen (secondary N) is 2. The van der Waals surface area contributed by atoms with Gasteiger partial charge in [-0.3, -0.25) is 5.32 Å². The molecule has 3 rings (SSSR count). The van der Waals surface area contributed by atoms with E-state index < -0.39 is 17.7 Å². The highest BCUT2D eigenvalue weighted by Gasteiger charge is 2.34. The number of hydrogen-bond donors (Lipinski definition) is 2. The van der Waals surface area contributed by atoms with E-state index in [1.807, 2.05) is 0 Å². The van der Waals surface area contributed by atoms with Crippen molar-refractivity contribution in [2.45, 2.75) is 6.18 Å². The number of halogens is 5. The average Bonchev–Trinajstić information content (AvgIpc) is 3.03. The second-order valence-electron chi connectivity index (χ2n) is 4.99. The van der Waals surface area contributed by atoms with E-state index in [0.29, 0.717) is 25.4 Å². The van der Waals surface area contributed by atoms with Crippen LogP contribution >= 0.6 is 12.4 Å². The molecule has 1 fully saturated rings. The Bertz CT molecular complexity index is 687. The highest BCUT2D eigenvalue weighted by Crippen LogP contribution is 2.31. The first-order valence-electron chi connectivity index (χ1n) is 6.86. The Morgan fingerprint density at radius 1 is 1.12 bits per heavy atom. The van der Waals surface area contributed by atoms with Crippen LogP contribution in [-0.2, 0) is 6.18 Å². The molecule has 2 N–H and O–H groups in total. The largest absolute Gasteiger partial charge is 0.433 e. The number of benzene rings is 1. The molecule has 5 nitrogen and oxygen atoms in total. The lowest BCUT2D eigenvalue weighted by molar-refractivity contribution is -0.141. The van der Waals surface area contributed by atoms with Gasteiger partial charge in [0.05, 0.1) is 6.67 Å². The zero-order valence-corrected chi connectivity index (χ0v) is 13.1. The van der Waals surface area contributed by atoms with Crippen LogP contribution in [0.25, 0.3) is 0 Å². The number of anilines is 3. The van der Waals surface area contributed by atoms with Crippen molar-refractivity contribution in [3.05, 3.63) is 41.8 Å². The van der Waals surface area contributed by atoms with E-state index in [1.165, 1.54) is 24.3 Å². The molecule has 0 unspecified atom stereocenters. The number of rotatable bonds is 3. The summed E-state index contributed by atoms with van der Waals surface area (Å²) in [4.78, 5) is 9.32. The molecule has 0 saturated carbocycles. The molecular weight excluding hydrogens is 350 g/mol. The molecule has 2 aromatic rings. The summed E-state index contributed by atoms with van der Waals surface area (Å²) in [6.07, 6.45) is -4.58. The summed E-state index contributed by atoms with van der Waals surface area (Å²) in [6.45, 7) is 1.56. The van der Waals surface area contributed by atoms with Crippen LogP contribution in [0.2, 0.25) is 0 Å². The topological polar surface area (TPSA) is 53.1 Å². The maximum atomic E-state index is 13.0. The van der Waals surface area contributed by atoms with Gasteiger partial charge in [-0.15, -0.1) is 12.4 Å². The molecule has 1 aliphatic heterocycles. The molecule has 0 aliphatic carbocycles. The molecule has 0 amide bonds. The van der Waals surface area contributed by atoms with Crippen LogP contribution in [-0.4, -0.2) is 29.7 Å². The lowest BCUT2D eigenvalue weighted by atomic mass is 10.3. The van der Waals surface area contributed by atoms with E-state index >= 15 is 0 Å². The third-order valence-electron chi connectivity index (χ3n) is 3.27. The SMILES string of the molecule is Cl.Fc1ccc(Nc2cc(C(F)(F)F)nc(N3CCNC3)n2)cc1. The summed E-state index contributed by atoms with van der Waals surface area (Å²) in [5.41, 5.74) is -0.595. The fraction of sp³-hybridized carbons (Fsp3) is 0.286. The Balaban J connectivity index is 0.00000208. The van der Waals surface area contributed by atoms with E-state index in [2.05, 4.69) is 20.6 Å². The van der Waals surface area contributed by atoms with Crippen LogP contribution < -0.4 is 15.5 Å². The standard InChI is InChI=1S/C14H13F4N5.ClH/c15-9-1-3-10(4-2-9)20-12-7-11(14(16,17)18)21-13(22-12)23-6-5-19-8-23;/h1-4,7,19H,5-6,8H2,(H,20,21,22);1H. The Morgan fingerprint density at radius 3 is 2.42 bits per heavy atom. The molecule has 1 aromatic heterocycles. The van der Waals surface area contributed by atoms with E-state index in [4.69, 9.17) is 0 Å². The molecule has 2 heterocycles. The maximum absolute atomic E-state index is 13.0. The van der Waals surface area contributed by atoms with Gasteiger partial charge >= 0.3 is 6.18 Å². The smallest absolute Gasteiger partial charge is 0.340 e. The van der Waals surface area contributed by atoms with Gasteiger partial charge in [0.15, 0.2) is 5.69 Å². The quantitative estimate of drug-likeness (QED) is 0.820. The third kappa shape index (κ3) is 4.24. The molecule has 0 radical (unpaired) electrons. The predicted molar refractivity (Wildman–Crippen MR) is 84.2 cm³/mol. The number of alkyl halides is 3. The second kappa shape index (κ2) is 7.18. The third-order valence-corrected chi connectivity index (χ3v) is 3.27. The van der Waals surface area contributed by atoms with Crippen LogP contribution in [0.4, 0.5) is 35.0 Å². The van der Waals surface area contributed by atoms with Crippen molar-refractivity contribution in [1.82, 2.24) is 15.3 Å². The van der Waals surface area contributed by atoms with Crippen LogP contribution in [0, 0.1) is 5.82 Å². The van der Waals surface area contributed by atoms with Crippen LogP contribution in [0.5, 0.6) is 0 Å². The average molecular weight is 364 g/mol. The van der Waals surface area contributed by atoms with Gasteiger partial charge in [-0.25, -0.2) is 9.37 Å².